The number of nitrogens with two attached hydrogens (primary N) is 1. The third-order valence-electron chi connectivity index (χ3n) is 1.57. The van der Waals surface area contributed by atoms with Gasteiger partial charge in [-0.2, -0.15) is 0 Å². The number of halogens is 1. The van der Waals surface area contributed by atoms with E-state index in [1.165, 1.54) is 0 Å². The number of hydrogen-bond donors (Lipinski definition) is 1. The molecule has 0 fully saturated rings. The fourth-order valence-corrected chi connectivity index (χ4v) is 1.38. The van der Waals surface area contributed by atoms with E-state index < -0.39 is 0 Å². The Morgan fingerprint density at radius 2 is 2.33 bits per heavy atom. The molecule has 0 spiro atoms. The van der Waals surface area contributed by atoms with Crippen LogP contribution < -0.4 is 5.73 Å². The summed E-state index contributed by atoms with van der Waals surface area (Å²) in [6.07, 6.45) is 0. The second-order valence-corrected chi connectivity index (χ2v) is 3.34. The predicted octanol–water partition coefficient (Wildman–Crippen LogP) is 2.05. The van der Waals surface area contributed by atoms with Gasteiger partial charge in [-0.25, -0.2) is 4.98 Å². The number of aromatic nitrogens is 1. The van der Waals surface area contributed by atoms with E-state index in [9.17, 15) is 0 Å². The molecule has 2 rings (SSSR count). The second-order valence-electron chi connectivity index (χ2n) is 2.42. The molecule has 0 radical (unpaired) electrons. The summed E-state index contributed by atoms with van der Waals surface area (Å²) in [6, 6.07) is 5.68. The molecule has 4 heteroatoms. The van der Waals surface area contributed by atoms with Crippen molar-refractivity contribution in [2.45, 2.75) is 6.54 Å². The lowest BCUT2D eigenvalue weighted by molar-refractivity contribution is 0.533. The summed E-state index contributed by atoms with van der Waals surface area (Å²) in [6.45, 7) is 0.340. The van der Waals surface area contributed by atoms with Crippen molar-refractivity contribution in [1.29, 1.82) is 0 Å². The number of hydrogen-bond acceptors (Lipinski definition) is 3. The first-order chi connectivity index (χ1) is 5.79. The van der Waals surface area contributed by atoms with Crippen molar-refractivity contribution in [3.8, 4) is 0 Å². The van der Waals surface area contributed by atoms with Crippen LogP contribution in [-0.2, 0) is 6.54 Å². The topological polar surface area (TPSA) is 52.0 Å². The van der Waals surface area contributed by atoms with Crippen molar-refractivity contribution < 1.29 is 4.42 Å². The lowest BCUT2D eigenvalue weighted by atomic mass is 10.3. The first-order valence-electron chi connectivity index (χ1n) is 3.54. The Morgan fingerprint density at radius 1 is 1.50 bits per heavy atom. The molecule has 2 aromatic rings. The molecule has 62 valence electrons. The monoisotopic (exact) mass is 226 g/mol. The van der Waals surface area contributed by atoms with E-state index in [2.05, 4.69) is 20.9 Å². The van der Waals surface area contributed by atoms with Gasteiger partial charge in [0.15, 0.2) is 5.58 Å². The predicted molar refractivity (Wildman–Crippen MR) is 49.6 cm³/mol. The zero-order valence-electron chi connectivity index (χ0n) is 6.25. The molecule has 12 heavy (non-hydrogen) atoms. The average Bonchev–Trinajstić information content (AvgIpc) is 2.46. The lowest BCUT2D eigenvalue weighted by Gasteiger charge is -1.86. The van der Waals surface area contributed by atoms with Crippen LogP contribution in [0.25, 0.3) is 11.1 Å². The van der Waals surface area contributed by atoms with Gasteiger partial charge in [0.2, 0.25) is 5.89 Å². The normalized spacial score (nSPS) is 10.8. The van der Waals surface area contributed by atoms with Crippen LogP contribution in [0.3, 0.4) is 0 Å². The maximum atomic E-state index is 5.38. The summed E-state index contributed by atoms with van der Waals surface area (Å²) >= 11 is 3.35. The van der Waals surface area contributed by atoms with Gasteiger partial charge in [-0.05, 0) is 18.2 Å². The molecular formula is C8H7BrN2O. The van der Waals surface area contributed by atoms with Crippen LogP contribution in [0.15, 0.2) is 27.1 Å². The zero-order valence-corrected chi connectivity index (χ0v) is 7.84. The van der Waals surface area contributed by atoms with Gasteiger partial charge in [-0.15, -0.1) is 0 Å². The maximum Gasteiger partial charge on any atom is 0.209 e. The molecule has 0 saturated heterocycles. The van der Waals surface area contributed by atoms with Gasteiger partial charge in [0.25, 0.3) is 0 Å². The highest BCUT2D eigenvalue weighted by atomic mass is 79.9. The van der Waals surface area contributed by atoms with E-state index >= 15 is 0 Å². The quantitative estimate of drug-likeness (QED) is 0.810. The fourth-order valence-electron chi connectivity index (χ4n) is 1.04. The first-order valence-corrected chi connectivity index (χ1v) is 4.34. The molecule has 1 aromatic carbocycles. The molecule has 3 nitrogen and oxygen atoms in total. The summed E-state index contributed by atoms with van der Waals surface area (Å²) in [4.78, 5) is 4.17. The largest absolute Gasteiger partial charge is 0.439 e. The first kappa shape index (κ1) is 7.76. The van der Waals surface area contributed by atoms with Crippen molar-refractivity contribution in [3.05, 3.63) is 28.6 Å². The number of benzene rings is 1. The van der Waals surface area contributed by atoms with Gasteiger partial charge in [0.1, 0.15) is 5.52 Å². The minimum absolute atomic E-state index is 0.340. The smallest absolute Gasteiger partial charge is 0.209 e. The van der Waals surface area contributed by atoms with Crippen LogP contribution in [0.4, 0.5) is 0 Å². The Kier molecular flexibility index (Phi) is 1.86. The Bertz CT molecular complexity index is 410. The van der Waals surface area contributed by atoms with Gasteiger partial charge in [-0.3, -0.25) is 0 Å². The molecule has 0 aliphatic heterocycles. The summed E-state index contributed by atoms with van der Waals surface area (Å²) in [5.74, 6) is 0.572. The van der Waals surface area contributed by atoms with Crippen LogP contribution in [-0.4, -0.2) is 4.98 Å². The second kappa shape index (κ2) is 2.88. The van der Waals surface area contributed by atoms with Crippen molar-refractivity contribution in [2.75, 3.05) is 0 Å². The Morgan fingerprint density at radius 3 is 3.08 bits per heavy atom. The highest BCUT2D eigenvalue weighted by Gasteiger charge is 2.02. The van der Waals surface area contributed by atoms with E-state index in [1.54, 1.807) is 0 Å². The van der Waals surface area contributed by atoms with Crippen molar-refractivity contribution >= 4 is 27.0 Å². The van der Waals surface area contributed by atoms with Crippen molar-refractivity contribution in [1.82, 2.24) is 4.98 Å². The van der Waals surface area contributed by atoms with E-state index in [-0.39, 0.29) is 0 Å². The van der Waals surface area contributed by atoms with E-state index in [0.29, 0.717) is 12.4 Å². The molecule has 1 heterocycles. The molecule has 0 aliphatic carbocycles. The van der Waals surface area contributed by atoms with Crippen LogP contribution in [0, 0.1) is 0 Å². The van der Waals surface area contributed by atoms with Crippen LogP contribution >= 0.6 is 15.9 Å². The number of fused-ring (bicyclic) bond motifs is 1. The Hall–Kier alpha value is -0.870. The van der Waals surface area contributed by atoms with Crippen molar-refractivity contribution in [2.24, 2.45) is 5.73 Å². The Balaban J connectivity index is 2.67. The molecule has 0 unspecified atom stereocenters. The molecule has 0 saturated carbocycles. The summed E-state index contributed by atoms with van der Waals surface area (Å²) in [5, 5.41) is 0. The molecule has 0 atom stereocenters. The van der Waals surface area contributed by atoms with E-state index in [4.69, 9.17) is 10.2 Å². The zero-order chi connectivity index (χ0) is 8.55. The van der Waals surface area contributed by atoms with Gasteiger partial charge in [-0.1, -0.05) is 15.9 Å². The molecule has 2 N–H and O–H groups in total. The summed E-state index contributed by atoms with van der Waals surface area (Å²) in [5.41, 5.74) is 7.00. The third-order valence-corrected chi connectivity index (χ3v) is 2.06. The van der Waals surface area contributed by atoms with Gasteiger partial charge < -0.3 is 10.2 Å². The maximum absolute atomic E-state index is 5.38. The molecule has 0 amide bonds. The highest BCUT2D eigenvalue weighted by molar-refractivity contribution is 9.10. The SMILES string of the molecule is NCc1nc2cc(Br)ccc2o1. The highest BCUT2D eigenvalue weighted by Crippen LogP contribution is 2.19. The molecular weight excluding hydrogens is 220 g/mol. The van der Waals surface area contributed by atoms with E-state index in [1.807, 2.05) is 18.2 Å². The minimum Gasteiger partial charge on any atom is -0.439 e. The van der Waals surface area contributed by atoms with E-state index in [0.717, 1.165) is 15.6 Å². The lowest BCUT2D eigenvalue weighted by Crippen LogP contribution is -1.94. The fraction of sp³-hybridized carbons (Fsp3) is 0.125. The van der Waals surface area contributed by atoms with Crippen LogP contribution in [0.5, 0.6) is 0 Å². The van der Waals surface area contributed by atoms with Crippen molar-refractivity contribution in [3.63, 3.8) is 0 Å². The molecule has 0 aliphatic rings. The summed E-state index contributed by atoms with van der Waals surface area (Å²) < 4.78 is 6.31. The van der Waals surface area contributed by atoms with Gasteiger partial charge in [0.05, 0.1) is 6.54 Å². The summed E-state index contributed by atoms with van der Waals surface area (Å²) in [7, 11) is 0. The van der Waals surface area contributed by atoms with Crippen LogP contribution in [0.2, 0.25) is 0 Å². The van der Waals surface area contributed by atoms with Gasteiger partial charge in [0, 0.05) is 4.47 Å². The minimum atomic E-state index is 0.340. The number of nitrogens with zero attached hydrogens (tertiary/aromatic N) is 1. The average molecular weight is 227 g/mol. The third kappa shape index (κ3) is 1.23. The Labute approximate surface area is 77.7 Å². The molecule has 0 bridgehead atoms. The standard InChI is InChI=1S/C8H7BrN2O/c9-5-1-2-7-6(3-5)11-8(4-10)12-7/h1-3H,4,10H2. The number of oxazole rings is 1. The van der Waals surface area contributed by atoms with Gasteiger partial charge >= 0.3 is 0 Å². The number of rotatable bonds is 1. The van der Waals surface area contributed by atoms with Crippen LogP contribution in [0.1, 0.15) is 5.89 Å². The molecule has 1 aromatic heterocycles.